The van der Waals surface area contributed by atoms with Gasteiger partial charge in [0.2, 0.25) is 5.90 Å². The van der Waals surface area contributed by atoms with Gasteiger partial charge in [-0.2, -0.15) is 8.42 Å². The highest BCUT2D eigenvalue weighted by Gasteiger charge is 2.38. The van der Waals surface area contributed by atoms with Crippen molar-refractivity contribution in [2.24, 2.45) is 4.99 Å². The van der Waals surface area contributed by atoms with Crippen molar-refractivity contribution in [3.05, 3.63) is 65.7 Å². The number of hydrogen-bond acceptors (Lipinski definition) is 6. The third-order valence-electron chi connectivity index (χ3n) is 3.92. The van der Waals surface area contributed by atoms with Crippen LogP contribution in [0, 0.1) is 6.92 Å². The highest BCUT2D eigenvalue weighted by atomic mass is 32.2. The zero-order valence-corrected chi connectivity index (χ0v) is 14.6. The molecule has 0 aliphatic carbocycles. The summed E-state index contributed by atoms with van der Waals surface area (Å²) in [5.41, 5.74) is 0.578. The molecule has 1 atom stereocenters. The lowest BCUT2D eigenvalue weighted by molar-refractivity contribution is 0.110. The average Bonchev–Trinajstić information content (AvgIpc) is 3.07. The van der Waals surface area contributed by atoms with Crippen LogP contribution in [0.25, 0.3) is 0 Å². The van der Waals surface area contributed by atoms with E-state index in [-0.39, 0.29) is 24.7 Å². The van der Waals surface area contributed by atoms with Gasteiger partial charge >= 0.3 is 0 Å². The molecule has 3 rings (SSSR count). The normalized spacial score (nSPS) is 20.2. The van der Waals surface area contributed by atoms with E-state index in [1.165, 1.54) is 12.1 Å². The zero-order valence-electron chi connectivity index (χ0n) is 13.8. The Hall–Kier alpha value is -2.22. The Morgan fingerprint density at radius 2 is 1.84 bits per heavy atom. The maximum absolute atomic E-state index is 12.3. The second kappa shape index (κ2) is 6.95. The van der Waals surface area contributed by atoms with Crippen LogP contribution in [0.1, 0.15) is 11.1 Å². The van der Waals surface area contributed by atoms with Gasteiger partial charge in [0.25, 0.3) is 10.1 Å². The maximum atomic E-state index is 12.3. The number of aryl methyl sites for hydroxylation is 1. The van der Waals surface area contributed by atoms with Gasteiger partial charge in [-0.05, 0) is 31.2 Å². The van der Waals surface area contributed by atoms with Crippen molar-refractivity contribution in [3.63, 3.8) is 0 Å². The van der Waals surface area contributed by atoms with Crippen LogP contribution >= 0.6 is 0 Å². The quantitative estimate of drug-likeness (QED) is 0.795. The fourth-order valence-corrected chi connectivity index (χ4v) is 3.35. The number of aliphatic imine (C=N–C) groups is 1. The lowest BCUT2D eigenvalue weighted by Gasteiger charge is -2.20. The minimum Gasteiger partial charge on any atom is -0.475 e. The van der Waals surface area contributed by atoms with Crippen LogP contribution in [0.3, 0.4) is 0 Å². The molecule has 1 aliphatic heterocycles. The van der Waals surface area contributed by atoms with Crippen LogP contribution < -0.4 is 0 Å². The summed E-state index contributed by atoms with van der Waals surface area (Å²) in [6.07, 6.45) is 0. The van der Waals surface area contributed by atoms with Crippen molar-refractivity contribution in [3.8, 4) is 0 Å². The molecule has 0 saturated carbocycles. The molecule has 0 spiro atoms. The molecule has 2 aromatic carbocycles. The smallest absolute Gasteiger partial charge is 0.297 e. The number of nitrogens with zero attached hydrogens (tertiary/aromatic N) is 1. The van der Waals surface area contributed by atoms with E-state index < -0.39 is 15.7 Å². The Labute approximate surface area is 146 Å². The van der Waals surface area contributed by atoms with Gasteiger partial charge in [-0.15, -0.1) is 0 Å². The zero-order chi connectivity index (χ0) is 17.9. The number of hydrogen-bond donors (Lipinski definition) is 1. The van der Waals surface area contributed by atoms with Crippen LogP contribution in [0.4, 0.5) is 0 Å². The molecule has 0 aromatic heterocycles. The maximum Gasteiger partial charge on any atom is 0.297 e. The van der Waals surface area contributed by atoms with Crippen LogP contribution in [0.2, 0.25) is 0 Å². The largest absolute Gasteiger partial charge is 0.475 e. The van der Waals surface area contributed by atoms with Gasteiger partial charge in [0, 0.05) is 5.56 Å². The molecule has 132 valence electrons. The Bertz CT molecular complexity index is 862. The van der Waals surface area contributed by atoms with Crippen molar-refractivity contribution in [1.82, 2.24) is 0 Å². The molecule has 0 fully saturated rings. The average molecular weight is 361 g/mol. The van der Waals surface area contributed by atoms with Crippen LogP contribution in [0.5, 0.6) is 0 Å². The molecular weight excluding hydrogens is 342 g/mol. The first-order valence-electron chi connectivity index (χ1n) is 7.79. The summed E-state index contributed by atoms with van der Waals surface area (Å²) in [5.74, 6) is 0.367. The fraction of sp³-hybridized carbons (Fsp3) is 0.278. The molecule has 0 bridgehead atoms. The Morgan fingerprint density at radius 1 is 1.16 bits per heavy atom. The van der Waals surface area contributed by atoms with Crippen LogP contribution in [-0.4, -0.2) is 44.8 Å². The Morgan fingerprint density at radius 3 is 2.48 bits per heavy atom. The van der Waals surface area contributed by atoms with Crippen LogP contribution in [0.15, 0.2) is 64.5 Å². The molecule has 0 amide bonds. The highest BCUT2D eigenvalue weighted by Crippen LogP contribution is 2.24. The molecule has 7 heteroatoms. The van der Waals surface area contributed by atoms with Gasteiger partial charge in [0.05, 0.1) is 18.1 Å². The van der Waals surface area contributed by atoms with Gasteiger partial charge in [-0.3, -0.25) is 4.18 Å². The topological polar surface area (TPSA) is 85.2 Å². The van der Waals surface area contributed by atoms with Gasteiger partial charge in [-0.1, -0.05) is 35.9 Å². The highest BCUT2D eigenvalue weighted by molar-refractivity contribution is 7.86. The first kappa shape index (κ1) is 17.6. The summed E-state index contributed by atoms with van der Waals surface area (Å²) in [6.45, 7) is 1.24. The van der Waals surface area contributed by atoms with Crippen molar-refractivity contribution in [2.45, 2.75) is 17.4 Å². The Kier molecular flexibility index (Phi) is 4.89. The molecule has 1 aliphatic rings. The Balaban J connectivity index is 1.77. The van der Waals surface area contributed by atoms with E-state index in [0.29, 0.717) is 5.90 Å². The minimum atomic E-state index is -3.93. The fourth-order valence-electron chi connectivity index (χ4n) is 2.37. The number of ether oxygens (including phenoxy) is 1. The molecule has 6 nitrogen and oxygen atoms in total. The van der Waals surface area contributed by atoms with E-state index in [9.17, 15) is 13.5 Å². The van der Waals surface area contributed by atoms with E-state index in [0.717, 1.165) is 11.1 Å². The van der Waals surface area contributed by atoms with Gasteiger partial charge in [-0.25, -0.2) is 4.99 Å². The molecule has 1 unspecified atom stereocenters. The van der Waals surface area contributed by atoms with Crippen molar-refractivity contribution < 1.29 is 22.4 Å². The third kappa shape index (κ3) is 3.89. The predicted octanol–water partition coefficient (Wildman–Crippen LogP) is 1.91. The number of aliphatic hydroxyl groups excluding tert-OH is 1. The summed E-state index contributed by atoms with van der Waals surface area (Å²) in [6, 6.07) is 15.6. The molecule has 25 heavy (non-hydrogen) atoms. The molecule has 0 radical (unpaired) electrons. The second-order valence-corrected chi connectivity index (χ2v) is 7.60. The van der Waals surface area contributed by atoms with E-state index in [4.69, 9.17) is 8.92 Å². The molecule has 1 heterocycles. The van der Waals surface area contributed by atoms with Crippen molar-refractivity contribution in [1.29, 1.82) is 0 Å². The summed E-state index contributed by atoms with van der Waals surface area (Å²) < 4.78 is 35.3. The van der Waals surface area contributed by atoms with Gasteiger partial charge in [0.1, 0.15) is 12.1 Å². The molecule has 1 N–H and O–H groups in total. The molecule has 2 aromatic rings. The van der Waals surface area contributed by atoms with E-state index >= 15 is 0 Å². The monoisotopic (exact) mass is 361 g/mol. The summed E-state index contributed by atoms with van der Waals surface area (Å²) in [7, 11) is -3.93. The summed E-state index contributed by atoms with van der Waals surface area (Å²) in [4.78, 5) is 4.44. The first-order chi connectivity index (χ1) is 11.9. The standard InChI is InChI=1S/C18H19NO5S/c1-14-7-9-16(10-8-14)25(21,22)24-13-18(11-20)12-23-17(19-18)15-5-3-2-4-6-15/h2-10,20H,11-13H2,1H3. The number of rotatable bonds is 6. The van der Waals surface area contributed by atoms with Crippen LogP contribution in [-0.2, 0) is 19.0 Å². The molecular formula is C18H19NO5S. The third-order valence-corrected chi connectivity index (χ3v) is 5.20. The number of aliphatic hydroxyl groups is 1. The minimum absolute atomic E-state index is 0.0527. The van der Waals surface area contributed by atoms with E-state index in [1.807, 2.05) is 37.3 Å². The van der Waals surface area contributed by atoms with Crippen molar-refractivity contribution >= 4 is 16.0 Å². The van der Waals surface area contributed by atoms with E-state index in [2.05, 4.69) is 4.99 Å². The SMILES string of the molecule is Cc1ccc(S(=O)(=O)OCC2(CO)COC(c3ccccc3)=N2)cc1. The first-order valence-corrected chi connectivity index (χ1v) is 9.20. The lowest BCUT2D eigenvalue weighted by atomic mass is 10.1. The summed E-state index contributed by atoms with van der Waals surface area (Å²) >= 11 is 0. The number of benzene rings is 2. The second-order valence-electron chi connectivity index (χ2n) is 5.98. The lowest BCUT2D eigenvalue weighted by Crippen LogP contribution is -2.39. The predicted molar refractivity (Wildman–Crippen MR) is 93.1 cm³/mol. The molecule has 0 saturated heterocycles. The van der Waals surface area contributed by atoms with Crippen molar-refractivity contribution in [2.75, 3.05) is 19.8 Å². The summed E-state index contributed by atoms with van der Waals surface area (Å²) in [5, 5.41) is 9.72. The van der Waals surface area contributed by atoms with Gasteiger partial charge < -0.3 is 9.84 Å². The van der Waals surface area contributed by atoms with E-state index in [1.54, 1.807) is 12.1 Å². The van der Waals surface area contributed by atoms with Gasteiger partial charge in [0.15, 0.2) is 0 Å².